The number of aliphatic imine (C=N–C) groups is 1. The number of alkyl halides is 3. The van der Waals surface area contributed by atoms with E-state index in [1.807, 2.05) is 0 Å². The predicted molar refractivity (Wildman–Crippen MR) is 123 cm³/mol. The van der Waals surface area contributed by atoms with E-state index in [1.54, 1.807) is 18.2 Å². The molecule has 0 saturated heterocycles. The Morgan fingerprint density at radius 2 is 1.97 bits per heavy atom. The van der Waals surface area contributed by atoms with Crippen molar-refractivity contribution < 1.29 is 27.5 Å². The first-order valence-electron chi connectivity index (χ1n) is 10.1. The number of amides is 1. The highest BCUT2D eigenvalue weighted by Crippen LogP contribution is 2.30. The van der Waals surface area contributed by atoms with Crippen molar-refractivity contribution in [2.45, 2.75) is 6.18 Å². The number of aromatic nitrogens is 4. The normalized spacial score (nSPS) is 12.0. The number of hydrogen-bond acceptors (Lipinski definition) is 5. The van der Waals surface area contributed by atoms with E-state index in [9.17, 15) is 27.5 Å². The van der Waals surface area contributed by atoms with Gasteiger partial charge in [-0.15, -0.1) is 0 Å². The Hall–Kier alpha value is -4.39. The summed E-state index contributed by atoms with van der Waals surface area (Å²) in [5, 5.41) is 24.7. The number of phenols is 1. The van der Waals surface area contributed by atoms with Crippen molar-refractivity contribution in [3.63, 3.8) is 0 Å². The summed E-state index contributed by atoms with van der Waals surface area (Å²) < 4.78 is 54.6. The van der Waals surface area contributed by atoms with E-state index >= 15 is 0 Å². The van der Waals surface area contributed by atoms with Gasteiger partial charge in [-0.05, 0) is 36.4 Å². The van der Waals surface area contributed by atoms with Gasteiger partial charge in [0.2, 0.25) is 5.96 Å². The number of carbonyl (C=O) groups is 1. The van der Waals surface area contributed by atoms with Gasteiger partial charge in [0.1, 0.15) is 0 Å². The molecule has 186 valence electrons. The molecule has 0 bridgehead atoms. The lowest BCUT2D eigenvalue weighted by atomic mass is 10.1. The topological polar surface area (TPSA) is 120 Å². The first-order chi connectivity index (χ1) is 17.0. The summed E-state index contributed by atoms with van der Waals surface area (Å²) in [6.07, 6.45) is -3.93. The maximum absolute atomic E-state index is 13.7. The quantitative estimate of drug-likeness (QED) is 0.174. The van der Waals surface area contributed by atoms with Crippen LogP contribution in [0.1, 0.15) is 16.1 Å². The van der Waals surface area contributed by atoms with Gasteiger partial charge in [-0.3, -0.25) is 19.9 Å². The van der Waals surface area contributed by atoms with Crippen LogP contribution in [0, 0.1) is 5.82 Å². The molecule has 4 rings (SSSR count). The van der Waals surface area contributed by atoms with Gasteiger partial charge >= 0.3 is 6.18 Å². The van der Waals surface area contributed by atoms with E-state index in [0.717, 1.165) is 23.0 Å². The van der Waals surface area contributed by atoms with Crippen molar-refractivity contribution in [1.29, 1.82) is 0 Å². The standard InChI is InChI=1S/C22H16ClF4N7O2/c1-34-10-14(19(33-34)22(25,26)27)20(36)30-21(28-13-4-2-3-12(23)8-13)29-18-9-16(31-32-18)11-5-6-17(35)15(24)7-11/h2-10,35H,1H3,(H3,28,29,30,31,32,36). The zero-order valence-corrected chi connectivity index (χ0v) is 19.0. The SMILES string of the molecule is Cn1cc(C(=O)NC(=Nc2cc(-c3ccc(O)c(F)c3)[nH]n2)Nc2cccc(Cl)c2)c(C(F)(F)F)n1. The number of aromatic amines is 1. The lowest BCUT2D eigenvalue weighted by molar-refractivity contribution is -0.141. The number of phenolic OH excluding ortho intramolecular Hbond substituents is 1. The summed E-state index contributed by atoms with van der Waals surface area (Å²) in [6.45, 7) is 0. The highest BCUT2D eigenvalue weighted by atomic mass is 35.5. The molecule has 0 atom stereocenters. The fourth-order valence-corrected chi connectivity index (χ4v) is 3.32. The Morgan fingerprint density at radius 1 is 1.19 bits per heavy atom. The molecule has 0 saturated carbocycles. The average Bonchev–Trinajstić information content (AvgIpc) is 3.42. The molecular weight excluding hydrogens is 506 g/mol. The zero-order valence-electron chi connectivity index (χ0n) is 18.2. The van der Waals surface area contributed by atoms with Crippen LogP contribution in [0.4, 0.5) is 29.1 Å². The fourth-order valence-electron chi connectivity index (χ4n) is 3.13. The van der Waals surface area contributed by atoms with Crippen molar-refractivity contribution in [1.82, 2.24) is 25.3 Å². The van der Waals surface area contributed by atoms with Crippen LogP contribution >= 0.6 is 11.6 Å². The van der Waals surface area contributed by atoms with Crippen LogP contribution in [0.5, 0.6) is 5.75 Å². The zero-order chi connectivity index (χ0) is 26.0. The molecule has 0 aliphatic carbocycles. The van der Waals surface area contributed by atoms with E-state index in [0.29, 0.717) is 22.0 Å². The Kier molecular flexibility index (Phi) is 6.66. The minimum absolute atomic E-state index is 0.00513. The third-order valence-electron chi connectivity index (χ3n) is 4.71. The number of benzene rings is 2. The Labute approximate surface area is 205 Å². The number of anilines is 1. The smallest absolute Gasteiger partial charge is 0.435 e. The van der Waals surface area contributed by atoms with Gasteiger partial charge in [0.05, 0.1) is 11.3 Å². The van der Waals surface area contributed by atoms with Crippen LogP contribution in [0.25, 0.3) is 11.3 Å². The van der Waals surface area contributed by atoms with E-state index < -0.39 is 34.9 Å². The van der Waals surface area contributed by atoms with Gasteiger partial charge in [-0.2, -0.15) is 28.4 Å². The minimum atomic E-state index is -4.86. The molecule has 4 aromatic rings. The molecule has 0 radical (unpaired) electrons. The largest absolute Gasteiger partial charge is 0.505 e. The molecular formula is C22H16ClF4N7O2. The number of nitrogens with zero attached hydrogens (tertiary/aromatic N) is 4. The third kappa shape index (κ3) is 5.63. The number of rotatable bonds is 4. The molecule has 14 heteroatoms. The van der Waals surface area contributed by atoms with Gasteiger partial charge in [-0.25, -0.2) is 4.39 Å². The number of hydrogen-bond donors (Lipinski definition) is 4. The average molecular weight is 522 g/mol. The van der Waals surface area contributed by atoms with Crippen LogP contribution in [0.2, 0.25) is 5.02 Å². The molecule has 9 nitrogen and oxygen atoms in total. The molecule has 36 heavy (non-hydrogen) atoms. The number of aryl methyl sites for hydroxylation is 1. The summed E-state index contributed by atoms with van der Waals surface area (Å²) in [6, 6.07) is 11.4. The summed E-state index contributed by atoms with van der Waals surface area (Å²) in [7, 11) is 1.25. The van der Waals surface area contributed by atoms with Gasteiger partial charge < -0.3 is 10.4 Å². The monoisotopic (exact) mass is 521 g/mol. The summed E-state index contributed by atoms with van der Waals surface area (Å²) in [5.74, 6) is -2.76. The van der Waals surface area contributed by atoms with Crippen molar-refractivity contribution in [2.24, 2.45) is 12.0 Å². The van der Waals surface area contributed by atoms with Crippen LogP contribution in [-0.2, 0) is 13.2 Å². The van der Waals surface area contributed by atoms with Crippen LogP contribution < -0.4 is 10.6 Å². The van der Waals surface area contributed by atoms with Crippen molar-refractivity contribution in [2.75, 3.05) is 5.32 Å². The molecule has 0 aliphatic rings. The van der Waals surface area contributed by atoms with Crippen molar-refractivity contribution in [3.8, 4) is 17.0 Å². The van der Waals surface area contributed by atoms with Crippen LogP contribution in [-0.4, -0.2) is 37.0 Å². The molecule has 0 unspecified atom stereocenters. The molecule has 0 fully saturated rings. The summed E-state index contributed by atoms with van der Waals surface area (Å²) >= 11 is 5.99. The first-order valence-corrected chi connectivity index (χ1v) is 10.4. The molecule has 4 N–H and O–H groups in total. The summed E-state index contributed by atoms with van der Waals surface area (Å²) in [5.41, 5.74) is -1.03. The number of nitrogens with one attached hydrogen (secondary N) is 3. The minimum Gasteiger partial charge on any atom is -0.505 e. The second-order valence-corrected chi connectivity index (χ2v) is 7.86. The van der Waals surface area contributed by atoms with Crippen LogP contribution in [0.3, 0.4) is 0 Å². The molecule has 0 aliphatic heterocycles. The Balaban J connectivity index is 1.67. The lowest BCUT2D eigenvalue weighted by Gasteiger charge is -2.12. The second-order valence-electron chi connectivity index (χ2n) is 7.42. The van der Waals surface area contributed by atoms with Crippen molar-refractivity contribution >= 4 is 35.0 Å². The van der Waals surface area contributed by atoms with E-state index in [2.05, 4.69) is 30.9 Å². The maximum Gasteiger partial charge on any atom is 0.435 e. The molecule has 1 amide bonds. The maximum atomic E-state index is 13.7. The first kappa shape index (κ1) is 24.7. The Morgan fingerprint density at radius 3 is 2.67 bits per heavy atom. The van der Waals surface area contributed by atoms with Crippen LogP contribution in [0.15, 0.2) is 59.7 Å². The van der Waals surface area contributed by atoms with Crippen molar-refractivity contribution in [3.05, 3.63) is 76.8 Å². The third-order valence-corrected chi connectivity index (χ3v) is 4.95. The van der Waals surface area contributed by atoms with E-state index in [1.165, 1.54) is 25.2 Å². The number of guanidine groups is 1. The molecule has 2 aromatic carbocycles. The summed E-state index contributed by atoms with van der Waals surface area (Å²) in [4.78, 5) is 16.9. The van der Waals surface area contributed by atoms with Gasteiger partial charge in [0.25, 0.3) is 5.91 Å². The predicted octanol–water partition coefficient (Wildman–Crippen LogP) is 4.86. The lowest BCUT2D eigenvalue weighted by Crippen LogP contribution is -2.36. The number of H-pyrrole nitrogens is 1. The van der Waals surface area contributed by atoms with E-state index in [-0.39, 0.29) is 11.8 Å². The second kappa shape index (κ2) is 9.70. The highest BCUT2D eigenvalue weighted by Gasteiger charge is 2.39. The molecule has 2 aromatic heterocycles. The number of aromatic hydroxyl groups is 1. The van der Waals surface area contributed by atoms with E-state index in [4.69, 9.17) is 11.6 Å². The number of halogens is 5. The van der Waals surface area contributed by atoms with Gasteiger partial charge in [-0.1, -0.05) is 17.7 Å². The highest BCUT2D eigenvalue weighted by molar-refractivity contribution is 6.31. The van der Waals surface area contributed by atoms with Gasteiger partial charge in [0.15, 0.2) is 23.1 Å². The Bertz CT molecular complexity index is 1460. The molecule has 0 spiro atoms. The fraction of sp³-hybridized carbons (Fsp3) is 0.0909. The number of carbonyl (C=O) groups excluding carboxylic acids is 1. The van der Waals surface area contributed by atoms with Gasteiger partial charge in [0, 0.05) is 35.6 Å². The molecule has 2 heterocycles.